The maximum absolute atomic E-state index is 12.5. The van der Waals surface area contributed by atoms with Gasteiger partial charge in [0, 0.05) is 12.4 Å². The molecule has 1 aliphatic heterocycles. The number of carbonyl (C=O) groups is 1. The number of hydrogen-bond donors (Lipinski definition) is 1. The lowest BCUT2D eigenvalue weighted by Crippen LogP contribution is -2.48. The number of hydrogen-bond acceptors (Lipinski definition) is 3. The van der Waals surface area contributed by atoms with Gasteiger partial charge in [-0.15, -0.1) is 0 Å². The van der Waals surface area contributed by atoms with Gasteiger partial charge in [0.05, 0.1) is 5.41 Å². The van der Waals surface area contributed by atoms with Gasteiger partial charge in [-0.05, 0) is 80.1 Å². The Bertz CT molecular complexity index is 962. The zero-order valence-electron chi connectivity index (χ0n) is 18.0. The summed E-state index contributed by atoms with van der Waals surface area (Å²) >= 11 is 0. The van der Waals surface area contributed by atoms with Crippen LogP contribution in [-0.4, -0.2) is 35.4 Å². The van der Waals surface area contributed by atoms with E-state index in [9.17, 15) is 4.79 Å². The topological polar surface area (TPSA) is 59.2 Å². The Hall–Kier alpha value is -2.98. The van der Waals surface area contributed by atoms with Crippen LogP contribution in [0.4, 0.5) is 0 Å². The number of nitrogens with zero attached hydrogens (tertiary/aromatic N) is 2. The Kier molecular flexibility index (Phi) is 6.78. The van der Waals surface area contributed by atoms with Crippen molar-refractivity contribution in [3.63, 3.8) is 0 Å². The molecule has 2 heterocycles. The van der Waals surface area contributed by atoms with E-state index in [2.05, 4.69) is 70.5 Å². The number of likely N-dealkylation sites (tertiary alicyclic amines) is 1. The van der Waals surface area contributed by atoms with E-state index < -0.39 is 5.41 Å². The molecule has 31 heavy (non-hydrogen) atoms. The van der Waals surface area contributed by atoms with E-state index >= 15 is 0 Å². The number of carbonyl (C=O) groups excluding carboxylic acids is 1. The lowest BCUT2D eigenvalue weighted by atomic mass is 9.73. The molecule has 0 bridgehead atoms. The molecule has 0 atom stereocenters. The maximum Gasteiger partial charge on any atom is 0.224 e. The van der Waals surface area contributed by atoms with Crippen LogP contribution in [0.3, 0.4) is 0 Å². The highest BCUT2D eigenvalue weighted by Gasteiger charge is 2.39. The molecule has 4 heteroatoms. The summed E-state index contributed by atoms with van der Waals surface area (Å²) in [5, 5.41) is 0. The summed E-state index contributed by atoms with van der Waals surface area (Å²) in [6, 6.07) is 23.1. The summed E-state index contributed by atoms with van der Waals surface area (Å²) in [4.78, 5) is 19.1. The molecule has 0 unspecified atom stereocenters. The van der Waals surface area contributed by atoms with E-state index in [4.69, 9.17) is 5.73 Å². The number of primary amides is 1. The quantitative estimate of drug-likeness (QED) is 0.592. The zero-order valence-corrected chi connectivity index (χ0v) is 18.0. The molecule has 0 saturated carbocycles. The molecular formula is C27H31N3O. The molecule has 0 spiro atoms. The Balaban J connectivity index is 1.33. The molecule has 1 aromatic heterocycles. The van der Waals surface area contributed by atoms with Gasteiger partial charge >= 0.3 is 0 Å². The predicted octanol–water partition coefficient (Wildman–Crippen LogP) is 4.49. The maximum atomic E-state index is 12.5. The smallest absolute Gasteiger partial charge is 0.224 e. The van der Waals surface area contributed by atoms with E-state index in [0.717, 1.165) is 56.4 Å². The van der Waals surface area contributed by atoms with Crippen LogP contribution < -0.4 is 5.73 Å². The molecule has 4 rings (SSSR count). The third-order valence-electron chi connectivity index (χ3n) is 6.61. The van der Waals surface area contributed by atoms with Crippen molar-refractivity contribution in [2.75, 3.05) is 19.6 Å². The second-order valence-electron chi connectivity index (χ2n) is 8.69. The van der Waals surface area contributed by atoms with E-state index in [-0.39, 0.29) is 5.91 Å². The lowest BCUT2D eigenvalue weighted by Gasteiger charge is -2.40. The molecule has 1 amide bonds. The Morgan fingerprint density at radius 1 is 0.903 bits per heavy atom. The van der Waals surface area contributed by atoms with Gasteiger partial charge in [0.1, 0.15) is 0 Å². The summed E-state index contributed by atoms with van der Waals surface area (Å²) in [6.07, 6.45) is 8.27. The lowest BCUT2D eigenvalue weighted by molar-refractivity contribution is -0.130. The molecule has 0 aliphatic carbocycles. The fourth-order valence-corrected chi connectivity index (χ4v) is 4.61. The van der Waals surface area contributed by atoms with Crippen molar-refractivity contribution in [2.24, 2.45) is 11.1 Å². The van der Waals surface area contributed by atoms with Crippen LogP contribution in [0.25, 0.3) is 11.1 Å². The predicted molar refractivity (Wildman–Crippen MR) is 125 cm³/mol. The number of amides is 1. The normalized spacial score (nSPS) is 16.1. The van der Waals surface area contributed by atoms with Crippen molar-refractivity contribution in [1.29, 1.82) is 0 Å². The Morgan fingerprint density at radius 3 is 2.29 bits per heavy atom. The SMILES string of the molecule is NC(=O)C1(Cc2ccc(-c3cccnc3)cc2)CCN(CCCc2ccccc2)CC1. The largest absolute Gasteiger partial charge is 0.369 e. The van der Waals surface area contributed by atoms with E-state index in [1.165, 1.54) is 11.1 Å². The first-order valence-corrected chi connectivity index (χ1v) is 11.2. The minimum atomic E-state index is -0.439. The first kappa shape index (κ1) is 21.3. The summed E-state index contributed by atoms with van der Waals surface area (Å²) in [7, 11) is 0. The van der Waals surface area contributed by atoms with Gasteiger partial charge in [0.15, 0.2) is 0 Å². The van der Waals surface area contributed by atoms with Crippen molar-refractivity contribution in [3.05, 3.63) is 90.3 Å². The third-order valence-corrected chi connectivity index (χ3v) is 6.61. The van der Waals surface area contributed by atoms with Crippen LogP contribution >= 0.6 is 0 Å². The van der Waals surface area contributed by atoms with Crippen molar-refractivity contribution in [3.8, 4) is 11.1 Å². The monoisotopic (exact) mass is 413 g/mol. The zero-order chi connectivity index (χ0) is 21.5. The van der Waals surface area contributed by atoms with E-state index in [0.29, 0.717) is 6.42 Å². The van der Waals surface area contributed by atoms with Gasteiger partial charge in [0.25, 0.3) is 0 Å². The Morgan fingerprint density at radius 2 is 1.65 bits per heavy atom. The van der Waals surface area contributed by atoms with Crippen molar-refractivity contribution in [2.45, 2.75) is 32.1 Å². The number of benzene rings is 2. The minimum Gasteiger partial charge on any atom is -0.369 e. The third kappa shape index (κ3) is 5.39. The standard InChI is InChI=1S/C27H31N3O/c28-26(31)27(20-23-10-12-24(13-11-23)25-9-4-16-29-21-25)14-18-30(19-15-27)17-5-8-22-6-2-1-3-7-22/h1-4,6-7,9-13,16,21H,5,8,14-15,17-20H2,(H2,28,31). The number of aromatic nitrogens is 1. The highest BCUT2D eigenvalue weighted by Crippen LogP contribution is 2.35. The minimum absolute atomic E-state index is 0.159. The highest BCUT2D eigenvalue weighted by molar-refractivity contribution is 5.81. The number of pyridine rings is 1. The first-order valence-electron chi connectivity index (χ1n) is 11.2. The van der Waals surface area contributed by atoms with Crippen molar-refractivity contribution >= 4 is 5.91 Å². The van der Waals surface area contributed by atoms with Gasteiger partial charge in [-0.2, -0.15) is 0 Å². The molecule has 160 valence electrons. The molecule has 0 radical (unpaired) electrons. The van der Waals surface area contributed by atoms with Gasteiger partial charge in [0.2, 0.25) is 5.91 Å². The number of nitrogens with two attached hydrogens (primary N) is 1. The number of piperidine rings is 1. The molecule has 1 fully saturated rings. The van der Waals surface area contributed by atoms with Gasteiger partial charge in [-0.25, -0.2) is 0 Å². The van der Waals surface area contributed by atoms with Crippen LogP contribution in [-0.2, 0) is 17.6 Å². The van der Waals surface area contributed by atoms with Crippen molar-refractivity contribution < 1.29 is 4.79 Å². The summed E-state index contributed by atoms with van der Waals surface area (Å²) in [6.45, 7) is 2.94. The first-order chi connectivity index (χ1) is 15.1. The highest BCUT2D eigenvalue weighted by atomic mass is 16.1. The van der Waals surface area contributed by atoms with Crippen LogP contribution in [0.1, 0.15) is 30.4 Å². The fraction of sp³-hybridized carbons (Fsp3) is 0.333. The fourth-order valence-electron chi connectivity index (χ4n) is 4.61. The van der Waals surface area contributed by atoms with E-state index in [1.807, 2.05) is 12.3 Å². The summed E-state index contributed by atoms with van der Waals surface area (Å²) < 4.78 is 0. The van der Waals surface area contributed by atoms with Crippen LogP contribution in [0.15, 0.2) is 79.1 Å². The summed E-state index contributed by atoms with van der Waals surface area (Å²) in [5.41, 5.74) is 10.3. The molecule has 2 aromatic carbocycles. The Labute approximate surface area is 185 Å². The van der Waals surface area contributed by atoms with E-state index in [1.54, 1.807) is 6.20 Å². The van der Waals surface area contributed by atoms with Gasteiger partial charge in [-0.3, -0.25) is 9.78 Å². The molecule has 2 N–H and O–H groups in total. The second kappa shape index (κ2) is 9.88. The number of rotatable bonds is 8. The van der Waals surface area contributed by atoms with Crippen LogP contribution in [0, 0.1) is 5.41 Å². The molecule has 3 aromatic rings. The van der Waals surface area contributed by atoms with Crippen LogP contribution in [0.5, 0.6) is 0 Å². The average Bonchev–Trinajstić information content (AvgIpc) is 2.82. The molecule has 1 aliphatic rings. The second-order valence-corrected chi connectivity index (χ2v) is 8.69. The average molecular weight is 414 g/mol. The molecule has 1 saturated heterocycles. The van der Waals surface area contributed by atoms with Gasteiger partial charge < -0.3 is 10.6 Å². The number of aryl methyl sites for hydroxylation is 1. The van der Waals surface area contributed by atoms with Gasteiger partial charge in [-0.1, -0.05) is 60.7 Å². The molecule has 4 nitrogen and oxygen atoms in total. The van der Waals surface area contributed by atoms with Crippen LogP contribution in [0.2, 0.25) is 0 Å². The molecular weight excluding hydrogens is 382 g/mol. The van der Waals surface area contributed by atoms with Crippen molar-refractivity contribution in [1.82, 2.24) is 9.88 Å². The summed E-state index contributed by atoms with van der Waals surface area (Å²) in [5.74, 6) is -0.159.